The number of piperidine rings is 1. The molecule has 13 heavy (non-hydrogen) atoms. The second kappa shape index (κ2) is 4.99. The zero-order chi connectivity index (χ0) is 9.68. The molecule has 1 heterocycles. The molecule has 0 aromatic carbocycles. The fourth-order valence-electron chi connectivity index (χ4n) is 1.16. The zero-order valence-corrected chi connectivity index (χ0v) is 7.21. The molecule has 0 saturated carbocycles. The Morgan fingerprint density at radius 1 is 1.46 bits per heavy atom. The molecule has 0 aromatic rings. The average Bonchev–Trinajstić information content (AvgIpc) is 2.15. The summed E-state index contributed by atoms with van der Waals surface area (Å²) in [5.41, 5.74) is 0. The Labute approximate surface area is 75.7 Å². The van der Waals surface area contributed by atoms with Crippen LogP contribution < -0.4 is 0 Å². The third kappa shape index (κ3) is 3.57. The van der Waals surface area contributed by atoms with Gasteiger partial charge in [-0.05, 0) is 19.3 Å². The molecule has 1 saturated heterocycles. The number of ether oxygens (including phenoxy) is 1. The van der Waals surface area contributed by atoms with Crippen LogP contribution in [0.25, 0.3) is 0 Å². The van der Waals surface area contributed by atoms with Crippen molar-refractivity contribution in [3.63, 3.8) is 0 Å². The van der Waals surface area contributed by atoms with Gasteiger partial charge in [0.15, 0.2) is 6.61 Å². The van der Waals surface area contributed by atoms with Crippen LogP contribution in [0.2, 0.25) is 0 Å². The smallest absolute Gasteiger partial charge is 0.409 e. The Morgan fingerprint density at radius 2 is 2.08 bits per heavy atom. The summed E-state index contributed by atoms with van der Waals surface area (Å²) in [4.78, 5) is 12.5. The van der Waals surface area contributed by atoms with E-state index in [9.17, 15) is 13.6 Å². The summed E-state index contributed by atoms with van der Waals surface area (Å²) < 4.78 is 27.7. The van der Waals surface area contributed by atoms with Gasteiger partial charge in [-0.15, -0.1) is 0 Å². The van der Waals surface area contributed by atoms with E-state index in [2.05, 4.69) is 11.2 Å². The first-order valence-corrected chi connectivity index (χ1v) is 4.21. The fourth-order valence-corrected chi connectivity index (χ4v) is 1.16. The Hall–Kier alpha value is -0.870. The molecule has 0 unspecified atom stereocenters. The van der Waals surface area contributed by atoms with Gasteiger partial charge in [-0.2, -0.15) is 0 Å². The van der Waals surface area contributed by atoms with Gasteiger partial charge >= 0.3 is 6.09 Å². The summed E-state index contributed by atoms with van der Waals surface area (Å²) in [6.07, 6.45) is 0.471. The van der Waals surface area contributed by atoms with Crippen molar-refractivity contribution in [3.8, 4) is 0 Å². The van der Waals surface area contributed by atoms with Crippen LogP contribution in [0.3, 0.4) is 0 Å². The number of carbonyl (C=O) groups is 1. The molecule has 5 heteroatoms. The topological polar surface area (TPSA) is 29.5 Å². The van der Waals surface area contributed by atoms with Crippen LogP contribution in [-0.4, -0.2) is 37.1 Å². The van der Waals surface area contributed by atoms with Gasteiger partial charge in [0, 0.05) is 13.1 Å². The molecule has 75 valence electrons. The van der Waals surface area contributed by atoms with Crippen LogP contribution >= 0.6 is 0 Å². The first kappa shape index (κ1) is 10.2. The molecule has 0 spiro atoms. The van der Waals surface area contributed by atoms with Crippen LogP contribution in [0.5, 0.6) is 0 Å². The van der Waals surface area contributed by atoms with Crippen molar-refractivity contribution >= 4 is 6.09 Å². The number of carbonyl (C=O) groups excluding carboxylic acids is 1. The first-order chi connectivity index (χ1) is 6.20. The van der Waals surface area contributed by atoms with Crippen molar-refractivity contribution in [2.24, 2.45) is 0 Å². The second-order valence-electron chi connectivity index (χ2n) is 2.82. The Morgan fingerprint density at radius 3 is 2.62 bits per heavy atom. The maximum atomic E-state index is 11.7. The van der Waals surface area contributed by atoms with Crippen LogP contribution in [0.15, 0.2) is 0 Å². The second-order valence-corrected chi connectivity index (χ2v) is 2.82. The van der Waals surface area contributed by atoms with E-state index in [0.29, 0.717) is 13.1 Å². The van der Waals surface area contributed by atoms with E-state index in [0.717, 1.165) is 12.8 Å². The molecule has 0 aliphatic carbocycles. The number of hydrogen-bond acceptors (Lipinski definition) is 2. The van der Waals surface area contributed by atoms with E-state index in [-0.39, 0.29) is 0 Å². The van der Waals surface area contributed by atoms with Crippen molar-refractivity contribution in [2.75, 3.05) is 19.7 Å². The van der Waals surface area contributed by atoms with Gasteiger partial charge in [-0.25, -0.2) is 13.6 Å². The van der Waals surface area contributed by atoms with Gasteiger partial charge in [0.25, 0.3) is 6.43 Å². The number of alkyl halides is 2. The van der Waals surface area contributed by atoms with Gasteiger partial charge < -0.3 is 9.64 Å². The quantitative estimate of drug-likeness (QED) is 0.666. The van der Waals surface area contributed by atoms with Gasteiger partial charge in [-0.3, -0.25) is 0 Å². The number of halogens is 2. The van der Waals surface area contributed by atoms with E-state index in [1.54, 1.807) is 0 Å². The molecule has 0 atom stereocenters. The largest absolute Gasteiger partial charge is 0.443 e. The molecule has 1 rings (SSSR count). The predicted molar refractivity (Wildman–Crippen MR) is 42.5 cm³/mol. The van der Waals surface area contributed by atoms with Crippen LogP contribution in [0.1, 0.15) is 12.8 Å². The van der Waals surface area contributed by atoms with Crippen molar-refractivity contribution in [3.05, 3.63) is 6.42 Å². The SMILES string of the molecule is O=C(OCC(F)F)N1CC[CH]CC1. The highest BCUT2D eigenvalue weighted by Crippen LogP contribution is 2.09. The Kier molecular flexibility index (Phi) is 3.92. The van der Waals surface area contributed by atoms with Crippen molar-refractivity contribution in [1.82, 2.24) is 4.90 Å². The van der Waals surface area contributed by atoms with Crippen molar-refractivity contribution in [2.45, 2.75) is 19.3 Å². The van der Waals surface area contributed by atoms with Gasteiger partial charge in [0.05, 0.1) is 0 Å². The number of amides is 1. The molecular weight excluding hydrogens is 180 g/mol. The molecule has 1 radical (unpaired) electrons. The van der Waals surface area contributed by atoms with Crippen LogP contribution in [-0.2, 0) is 4.74 Å². The normalized spacial score (nSPS) is 17.6. The van der Waals surface area contributed by atoms with E-state index in [1.807, 2.05) is 0 Å². The maximum absolute atomic E-state index is 11.7. The van der Waals surface area contributed by atoms with Gasteiger partial charge in [0.1, 0.15) is 0 Å². The first-order valence-electron chi connectivity index (χ1n) is 4.21. The highest BCUT2D eigenvalue weighted by Gasteiger charge is 2.18. The number of nitrogens with zero attached hydrogens (tertiary/aromatic N) is 1. The molecule has 0 bridgehead atoms. The fraction of sp³-hybridized carbons (Fsp3) is 0.750. The molecular formula is C8H12F2NO2. The Balaban J connectivity index is 2.21. The summed E-state index contributed by atoms with van der Waals surface area (Å²) in [6, 6.07) is 0. The van der Waals surface area contributed by atoms with E-state index in [4.69, 9.17) is 0 Å². The lowest BCUT2D eigenvalue weighted by Crippen LogP contribution is -2.36. The van der Waals surface area contributed by atoms with E-state index < -0.39 is 19.1 Å². The lowest BCUT2D eigenvalue weighted by Gasteiger charge is -2.25. The van der Waals surface area contributed by atoms with E-state index >= 15 is 0 Å². The zero-order valence-electron chi connectivity index (χ0n) is 7.21. The lowest BCUT2D eigenvalue weighted by atomic mass is 10.1. The van der Waals surface area contributed by atoms with Crippen LogP contribution in [0, 0.1) is 6.42 Å². The standard InChI is InChI=1S/C8H12F2NO2/c9-7(10)6-13-8(12)11-4-2-1-3-5-11/h1,7H,2-6H2. The molecule has 0 aromatic heterocycles. The Bertz CT molecular complexity index is 170. The minimum absolute atomic E-state index is 0.571. The lowest BCUT2D eigenvalue weighted by molar-refractivity contribution is 0.0307. The third-order valence-electron chi connectivity index (χ3n) is 1.80. The molecule has 1 fully saturated rings. The average molecular weight is 192 g/mol. The van der Waals surface area contributed by atoms with Crippen molar-refractivity contribution < 1.29 is 18.3 Å². The van der Waals surface area contributed by atoms with Gasteiger partial charge in [-0.1, -0.05) is 0 Å². The summed E-state index contributed by atoms with van der Waals surface area (Å²) in [5.74, 6) is 0. The summed E-state index contributed by atoms with van der Waals surface area (Å²) >= 11 is 0. The molecule has 1 aliphatic heterocycles. The molecule has 1 amide bonds. The number of likely N-dealkylation sites (tertiary alicyclic amines) is 1. The molecule has 1 aliphatic rings. The van der Waals surface area contributed by atoms with Gasteiger partial charge in [0.2, 0.25) is 0 Å². The minimum atomic E-state index is -2.58. The monoisotopic (exact) mass is 192 g/mol. The van der Waals surface area contributed by atoms with Crippen molar-refractivity contribution in [1.29, 1.82) is 0 Å². The summed E-state index contributed by atoms with van der Waals surface area (Å²) in [7, 11) is 0. The number of hydrogen-bond donors (Lipinski definition) is 0. The van der Waals surface area contributed by atoms with E-state index in [1.165, 1.54) is 4.90 Å². The van der Waals surface area contributed by atoms with Crippen LogP contribution in [0.4, 0.5) is 13.6 Å². The number of rotatable bonds is 2. The highest BCUT2D eigenvalue weighted by molar-refractivity contribution is 5.67. The summed E-state index contributed by atoms with van der Waals surface area (Å²) in [5, 5.41) is 0. The molecule has 0 N–H and O–H groups in total. The summed E-state index contributed by atoms with van der Waals surface area (Å²) in [6.45, 7) is 0.336. The predicted octanol–water partition coefficient (Wildman–Crippen LogP) is 1.69. The molecule has 3 nitrogen and oxygen atoms in total. The highest BCUT2D eigenvalue weighted by atomic mass is 19.3. The minimum Gasteiger partial charge on any atom is -0.443 e. The third-order valence-corrected chi connectivity index (χ3v) is 1.80. The maximum Gasteiger partial charge on any atom is 0.409 e.